The molecule has 0 bridgehead atoms. The van der Waals surface area contributed by atoms with E-state index in [4.69, 9.17) is 9.47 Å². The number of aldehydes is 1. The Kier molecular flexibility index (Phi) is 5.95. The van der Waals surface area contributed by atoms with E-state index in [1.807, 2.05) is 30.3 Å². The fraction of sp³-hybridized carbons (Fsp3) is 0.263. The van der Waals surface area contributed by atoms with Crippen molar-refractivity contribution in [2.45, 2.75) is 26.9 Å². The van der Waals surface area contributed by atoms with Gasteiger partial charge in [0.2, 0.25) is 0 Å². The van der Waals surface area contributed by atoms with E-state index in [2.05, 4.69) is 0 Å². The van der Waals surface area contributed by atoms with E-state index in [1.165, 1.54) is 0 Å². The number of ether oxygens (including phenoxy) is 2. The molecule has 126 valence electrons. The highest BCUT2D eigenvalue weighted by Crippen LogP contribution is 2.35. The van der Waals surface area contributed by atoms with Gasteiger partial charge in [-0.05, 0) is 31.0 Å². The lowest BCUT2D eigenvalue weighted by Gasteiger charge is -2.16. The van der Waals surface area contributed by atoms with Crippen molar-refractivity contribution >= 4 is 12.3 Å². The molecule has 0 amide bonds. The lowest BCUT2D eigenvalue weighted by atomic mass is 10.00. The number of benzene rings is 2. The number of carbonyl (C=O) groups excluding carboxylic acids is 2. The summed E-state index contributed by atoms with van der Waals surface area (Å²) in [4.78, 5) is 23.0. The van der Waals surface area contributed by atoms with Crippen molar-refractivity contribution in [1.29, 1.82) is 0 Å². The fourth-order valence-corrected chi connectivity index (χ4v) is 2.42. The van der Waals surface area contributed by atoms with Crippen LogP contribution in [-0.2, 0) is 22.6 Å². The summed E-state index contributed by atoms with van der Waals surface area (Å²) in [6.07, 6.45) is 0.608. The molecule has 0 saturated carbocycles. The average Bonchev–Trinajstić information content (AvgIpc) is 2.57. The Morgan fingerprint density at radius 1 is 1.25 bits per heavy atom. The van der Waals surface area contributed by atoms with Crippen LogP contribution in [0.1, 0.15) is 34.0 Å². The Morgan fingerprint density at radius 2 is 1.96 bits per heavy atom. The topological polar surface area (TPSA) is 72.8 Å². The number of hydrogen-bond donors (Lipinski definition) is 1. The largest absolute Gasteiger partial charge is 0.507 e. The van der Waals surface area contributed by atoms with E-state index in [0.717, 1.165) is 5.56 Å². The van der Waals surface area contributed by atoms with Gasteiger partial charge in [-0.15, -0.1) is 0 Å². The standard InChI is InChI=1S/C19H20O5/c1-3-23-19(22)17-13(2)11-16(15(9-10-20)18(17)21)24-12-14-7-5-4-6-8-14/h4-8,10-11,21H,3,9,12H2,1-2H3. The summed E-state index contributed by atoms with van der Waals surface area (Å²) >= 11 is 0. The molecule has 0 saturated heterocycles. The first-order valence-electron chi connectivity index (χ1n) is 7.71. The number of aromatic hydroxyl groups is 1. The smallest absolute Gasteiger partial charge is 0.342 e. The monoisotopic (exact) mass is 328 g/mol. The molecule has 0 aliphatic carbocycles. The molecule has 0 aromatic heterocycles. The lowest BCUT2D eigenvalue weighted by molar-refractivity contribution is -0.107. The molecule has 0 fully saturated rings. The zero-order valence-corrected chi connectivity index (χ0v) is 13.7. The summed E-state index contributed by atoms with van der Waals surface area (Å²) in [5, 5.41) is 10.4. The molecular weight excluding hydrogens is 308 g/mol. The van der Waals surface area contributed by atoms with Crippen LogP contribution in [0.25, 0.3) is 0 Å². The van der Waals surface area contributed by atoms with Gasteiger partial charge in [-0.3, -0.25) is 0 Å². The van der Waals surface area contributed by atoms with E-state index >= 15 is 0 Å². The minimum absolute atomic E-state index is 0.0529. The maximum atomic E-state index is 12.0. The number of phenols is 1. The first kappa shape index (κ1) is 17.5. The van der Waals surface area contributed by atoms with Gasteiger partial charge >= 0.3 is 5.97 Å². The molecule has 0 aliphatic rings. The van der Waals surface area contributed by atoms with Gasteiger partial charge in [0, 0.05) is 12.0 Å². The van der Waals surface area contributed by atoms with E-state index in [-0.39, 0.29) is 29.9 Å². The van der Waals surface area contributed by atoms with Gasteiger partial charge in [0.25, 0.3) is 0 Å². The van der Waals surface area contributed by atoms with Gasteiger partial charge < -0.3 is 19.4 Å². The highest BCUT2D eigenvalue weighted by molar-refractivity contribution is 5.95. The predicted octanol–water partition coefficient (Wildman–Crippen LogP) is 3.20. The van der Waals surface area contributed by atoms with E-state index in [1.54, 1.807) is 19.9 Å². The summed E-state index contributed by atoms with van der Waals surface area (Å²) in [6.45, 7) is 3.87. The number of carbonyl (C=O) groups is 2. The zero-order valence-electron chi connectivity index (χ0n) is 13.7. The van der Waals surface area contributed by atoms with E-state index in [9.17, 15) is 14.7 Å². The van der Waals surface area contributed by atoms with Crippen LogP contribution < -0.4 is 4.74 Å². The first-order valence-corrected chi connectivity index (χ1v) is 7.71. The molecule has 0 aliphatic heterocycles. The Hall–Kier alpha value is -2.82. The van der Waals surface area contributed by atoms with Crippen LogP contribution in [0.4, 0.5) is 0 Å². The zero-order chi connectivity index (χ0) is 17.5. The van der Waals surface area contributed by atoms with Crippen molar-refractivity contribution in [3.05, 3.63) is 58.7 Å². The highest BCUT2D eigenvalue weighted by Gasteiger charge is 2.22. The van der Waals surface area contributed by atoms with Gasteiger partial charge in [0.1, 0.15) is 30.0 Å². The van der Waals surface area contributed by atoms with Gasteiger partial charge in [0.05, 0.1) is 6.61 Å². The molecule has 5 nitrogen and oxygen atoms in total. The van der Waals surface area contributed by atoms with Crippen LogP contribution in [0.15, 0.2) is 36.4 Å². The fourth-order valence-electron chi connectivity index (χ4n) is 2.42. The van der Waals surface area contributed by atoms with Gasteiger partial charge in [0.15, 0.2) is 0 Å². The van der Waals surface area contributed by atoms with Gasteiger partial charge in [-0.2, -0.15) is 0 Å². The average molecular weight is 328 g/mol. The Balaban J connectivity index is 2.36. The van der Waals surface area contributed by atoms with Crippen molar-refractivity contribution < 1.29 is 24.2 Å². The van der Waals surface area contributed by atoms with Crippen molar-refractivity contribution in [3.63, 3.8) is 0 Å². The summed E-state index contributed by atoms with van der Waals surface area (Å²) < 4.78 is 10.7. The summed E-state index contributed by atoms with van der Waals surface area (Å²) in [6, 6.07) is 11.2. The highest BCUT2D eigenvalue weighted by atomic mass is 16.5. The predicted molar refractivity (Wildman–Crippen MR) is 89.3 cm³/mol. The summed E-state index contributed by atoms with van der Waals surface area (Å²) in [7, 11) is 0. The maximum Gasteiger partial charge on any atom is 0.342 e. The first-order chi connectivity index (χ1) is 11.6. The van der Waals surface area contributed by atoms with Crippen LogP contribution >= 0.6 is 0 Å². The lowest BCUT2D eigenvalue weighted by Crippen LogP contribution is -2.10. The van der Waals surface area contributed by atoms with Crippen LogP contribution in [0, 0.1) is 6.92 Å². The SMILES string of the molecule is CCOC(=O)c1c(C)cc(OCc2ccccc2)c(CC=O)c1O. The Bertz CT molecular complexity index is 722. The number of hydrogen-bond acceptors (Lipinski definition) is 5. The van der Waals surface area contributed by atoms with Crippen molar-refractivity contribution in [2.24, 2.45) is 0 Å². The molecule has 0 atom stereocenters. The van der Waals surface area contributed by atoms with Gasteiger partial charge in [-0.25, -0.2) is 4.79 Å². The number of aryl methyl sites for hydroxylation is 1. The molecule has 0 unspecified atom stereocenters. The minimum atomic E-state index is -0.616. The second-order valence-electron chi connectivity index (χ2n) is 5.26. The molecule has 0 spiro atoms. The second-order valence-corrected chi connectivity index (χ2v) is 5.26. The maximum absolute atomic E-state index is 12.0. The van der Waals surface area contributed by atoms with Gasteiger partial charge in [-0.1, -0.05) is 30.3 Å². The summed E-state index contributed by atoms with van der Waals surface area (Å²) in [5.74, 6) is -0.494. The van der Waals surface area contributed by atoms with E-state index < -0.39 is 5.97 Å². The Labute approximate surface area is 140 Å². The van der Waals surface area contributed by atoms with E-state index in [0.29, 0.717) is 24.2 Å². The second kappa shape index (κ2) is 8.15. The number of phenolic OH excluding ortho intramolecular Hbond substituents is 1. The molecule has 1 N–H and O–H groups in total. The van der Waals surface area contributed by atoms with Crippen LogP contribution in [0.2, 0.25) is 0 Å². The quantitative estimate of drug-likeness (QED) is 0.624. The third kappa shape index (κ3) is 3.93. The number of rotatable bonds is 7. The Morgan fingerprint density at radius 3 is 2.58 bits per heavy atom. The van der Waals surface area contributed by atoms with Crippen molar-refractivity contribution in [1.82, 2.24) is 0 Å². The van der Waals surface area contributed by atoms with Crippen LogP contribution in [0.5, 0.6) is 11.5 Å². The van der Waals surface area contributed by atoms with Crippen molar-refractivity contribution in [2.75, 3.05) is 6.61 Å². The molecule has 5 heteroatoms. The normalized spacial score (nSPS) is 10.2. The van der Waals surface area contributed by atoms with Crippen LogP contribution in [0.3, 0.4) is 0 Å². The molecule has 0 radical (unpaired) electrons. The number of esters is 1. The third-order valence-electron chi connectivity index (χ3n) is 3.57. The molecule has 24 heavy (non-hydrogen) atoms. The third-order valence-corrected chi connectivity index (χ3v) is 3.57. The minimum Gasteiger partial charge on any atom is -0.507 e. The molecule has 2 aromatic carbocycles. The molecule has 2 rings (SSSR count). The van der Waals surface area contributed by atoms with Crippen LogP contribution in [-0.4, -0.2) is 24.0 Å². The molecule has 2 aromatic rings. The summed E-state index contributed by atoms with van der Waals surface area (Å²) in [5.41, 5.74) is 1.85. The molecular formula is C19H20O5. The molecule has 0 heterocycles. The van der Waals surface area contributed by atoms with Crippen molar-refractivity contribution in [3.8, 4) is 11.5 Å².